The van der Waals surface area contributed by atoms with Gasteiger partial charge in [0.05, 0.1) is 0 Å². The Labute approximate surface area is 88.4 Å². The molecule has 0 unspecified atom stereocenters. The van der Waals surface area contributed by atoms with Gasteiger partial charge in [-0.1, -0.05) is 70.9 Å². The van der Waals surface area contributed by atoms with E-state index in [9.17, 15) is 0 Å². The van der Waals surface area contributed by atoms with E-state index in [1.165, 1.54) is 18.4 Å². The molecule has 1 aliphatic carbocycles. The monoisotopic (exact) mass is 190 g/mol. The number of benzene rings is 1. The molecule has 0 amide bonds. The Kier molecular flexibility index (Phi) is 3.74. The normalized spacial score (nSPS) is 15.7. The van der Waals surface area contributed by atoms with Crippen LogP contribution in [0.15, 0.2) is 30.3 Å². The van der Waals surface area contributed by atoms with E-state index in [1.807, 2.05) is 0 Å². The fourth-order valence-electron chi connectivity index (χ4n) is 1.10. The number of hydrogen-bond donors (Lipinski definition) is 0. The Hall–Kier alpha value is -0.780. The second kappa shape index (κ2) is 4.63. The van der Waals surface area contributed by atoms with Crippen LogP contribution in [0.1, 0.15) is 46.1 Å². The van der Waals surface area contributed by atoms with Crippen molar-refractivity contribution in [1.29, 1.82) is 0 Å². The molecule has 0 aromatic heterocycles. The summed E-state index contributed by atoms with van der Waals surface area (Å²) in [4.78, 5) is 0. The summed E-state index contributed by atoms with van der Waals surface area (Å²) in [6.07, 6.45) is 2.97. The van der Waals surface area contributed by atoms with Gasteiger partial charge in [-0.3, -0.25) is 0 Å². The van der Waals surface area contributed by atoms with Crippen molar-refractivity contribution in [2.75, 3.05) is 0 Å². The lowest BCUT2D eigenvalue weighted by Gasteiger charge is -2.18. The van der Waals surface area contributed by atoms with Crippen molar-refractivity contribution in [3.8, 4) is 0 Å². The molecule has 0 atom stereocenters. The van der Waals surface area contributed by atoms with E-state index in [4.69, 9.17) is 0 Å². The van der Waals surface area contributed by atoms with E-state index < -0.39 is 0 Å². The van der Waals surface area contributed by atoms with E-state index in [2.05, 4.69) is 58.0 Å². The molecule has 14 heavy (non-hydrogen) atoms. The van der Waals surface area contributed by atoms with Crippen LogP contribution in [-0.4, -0.2) is 0 Å². The lowest BCUT2D eigenvalue weighted by Crippen LogP contribution is -2.10. The Balaban J connectivity index is 0.000000203. The van der Waals surface area contributed by atoms with Crippen LogP contribution in [0, 0.1) is 5.92 Å². The average Bonchev–Trinajstić information content (AvgIpc) is 2.89. The van der Waals surface area contributed by atoms with Crippen LogP contribution < -0.4 is 0 Å². The quantitative estimate of drug-likeness (QED) is 0.569. The first-order chi connectivity index (χ1) is 6.50. The van der Waals surface area contributed by atoms with E-state index in [-0.39, 0.29) is 0 Å². The first kappa shape index (κ1) is 11.3. The molecule has 1 aromatic carbocycles. The molecular weight excluding hydrogens is 168 g/mol. The van der Waals surface area contributed by atoms with Crippen molar-refractivity contribution in [3.05, 3.63) is 35.9 Å². The lowest BCUT2D eigenvalue weighted by atomic mass is 9.87. The summed E-state index contributed by atoms with van der Waals surface area (Å²) in [5.41, 5.74) is 1.69. The molecule has 1 saturated carbocycles. The minimum Gasteiger partial charge on any atom is -0.0625 e. The predicted octanol–water partition coefficient (Wildman–Crippen LogP) is 4.40. The fraction of sp³-hybridized carbons (Fsp3) is 0.571. The van der Waals surface area contributed by atoms with Crippen molar-refractivity contribution in [2.45, 2.75) is 46.0 Å². The Morgan fingerprint density at radius 3 is 1.64 bits per heavy atom. The lowest BCUT2D eigenvalue weighted by molar-refractivity contribution is 0.590. The topological polar surface area (TPSA) is 0 Å². The Bertz CT molecular complexity index is 249. The largest absolute Gasteiger partial charge is 0.0625 e. The summed E-state index contributed by atoms with van der Waals surface area (Å²) in [5.74, 6) is 1.08. The van der Waals surface area contributed by atoms with Crippen molar-refractivity contribution < 1.29 is 0 Å². The Morgan fingerprint density at radius 2 is 1.43 bits per heavy atom. The third-order valence-electron chi connectivity index (χ3n) is 2.51. The molecule has 0 bridgehead atoms. The van der Waals surface area contributed by atoms with E-state index >= 15 is 0 Å². The van der Waals surface area contributed by atoms with Gasteiger partial charge in [0.15, 0.2) is 0 Å². The average molecular weight is 190 g/mol. The number of hydrogen-bond acceptors (Lipinski definition) is 0. The highest BCUT2D eigenvalue weighted by Crippen LogP contribution is 2.26. The summed E-state index contributed by atoms with van der Waals surface area (Å²) in [6, 6.07) is 10.6. The van der Waals surface area contributed by atoms with Crippen molar-refractivity contribution >= 4 is 0 Å². The molecule has 1 fully saturated rings. The van der Waals surface area contributed by atoms with Gasteiger partial charge in [-0.05, 0) is 16.9 Å². The van der Waals surface area contributed by atoms with Gasteiger partial charge in [0.25, 0.3) is 0 Å². The maximum absolute atomic E-state index is 2.28. The molecule has 2 rings (SSSR count). The van der Waals surface area contributed by atoms with E-state index in [0.29, 0.717) is 5.41 Å². The van der Waals surface area contributed by atoms with Gasteiger partial charge in [-0.15, -0.1) is 0 Å². The standard InChI is InChI=1S/C10H14.C4H8/c1-10(2,3)9-7-5-4-6-8-9;1-4-2-3-4/h4-8H,1-3H3;4H,2-3H2,1H3. The summed E-state index contributed by atoms with van der Waals surface area (Å²) < 4.78 is 0. The minimum absolute atomic E-state index is 0.293. The molecule has 0 N–H and O–H groups in total. The van der Waals surface area contributed by atoms with Gasteiger partial charge >= 0.3 is 0 Å². The maximum atomic E-state index is 2.28. The molecule has 1 aromatic rings. The molecule has 0 nitrogen and oxygen atoms in total. The highest BCUT2D eigenvalue weighted by molar-refractivity contribution is 5.21. The molecule has 78 valence electrons. The smallest absolute Gasteiger partial charge is 0.0132 e. The summed E-state index contributed by atoms with van der Waals surface area (Å²) in [6.45, 7) is 8.95. The fourth-order valence-corrected chi connectivity index (χ4v) is 1.10. The van der Waals surface area contributed by atoms with Crippen LogP contribution in [0.2, 0.25) is 0 Å². The molecule has 0 saturated heterocycles. The van der Waals surface area contributed by atoms with Crippen molar-refractivity contribution in [2.24, 2.45) is 5.92 Å². The van der Waals surface area contributed by atoms with Crippen LogP contribution in [0.4, 0.5) is 0 Å². The van der Waals surface area contributed by atoms with Gasteiger partial charge in [0.1, 0.15) is 0 Å². The van der Waals surface area contributed by atoms with Crippen molar-refractivity contribution in [1.82, 2.24) is 0 Å². The zero-order chi connectivity index (χ0) is 10.6. The molecule has 1 aliphatic rings. The minimum atomic E-state index is 0.293. The zero-order valence-electron chi connectivity index (χ0n) is 9.88. The van der Waals surface area contributed by atoms with Gasteiger partial charge in [-0.2, -0.15) is 0 Å². The predicted molar refractivity (Wildman–Crippen MR) is 63.5 cm³/mol. The van der Waals surface area contributed by atoms with E-state index in [1.54, 1.807) is 0 Å². The highest BCUT2D eigenvalue weighted by Gasteiger charge is 2.12. The molecule has 0 heteroatoms. The second-order valence-corrected chi connectivity index (χ2v) is 5.30. The molecule has 0 spiro atoms. The third-order valence-corrected chi connectivity index (χ3v) is 2.51. The SMILES string of the molecule is CC(C)(C)c1ccccc1.CC1CC1. The Morgan fingerprint density at radius 1 is 1.00 bits per heavy atom. The summed E-state index contributed by atoms with van der Waals surface area (Å²) >= 11 is 0. The molecular formula is C14H22. The summed E-state index contributed by atoms with van der Waals surface area (Å²) in [7, 11) is 0. The third kappa shape index (κ3) is 4.45. The van der Waals surface area contributed by atoms with Gasteiger partial charge in [-0.25, -0.2) is 0 Å². The van der Waals surface area contributed by atoms with Gasteiger partial charge < -0.3 is 0 Å². The van der Waals surface area contributed by atoms with Crippen LogP contribution >= 0.6 is 0 Å². The van der Waals surface area contributed by atoms with Crippen LogP contribution in [-0.2, 0) is 5.41 Å². The van der Waals surface area contributed by atoms with Crippen molar-refractivity contribution in [3.63, 3.8) is 0 Å². The molecule has 0 aliphatic heterocycles. The van der Waals surface area contributed by atoms with Gasteiger partial charge in [0.2, 0.25) is 0 Å². The highest BCUT2D eigenvalue weighted by atomic mass is 14.2. The van der Waals surface area contributed by atoms with Gasteiger partial charge in [0, 0.05) is 0 Å². The summed E-state index contributed by atoms with van der Waals surface area (Å²) in [5, 5.41) is 0. The van der Waals surface area contributed by atoms with Crippen LogP contribution in [0.25, 0.3) is 0 Å². The first-order valence-electron chi connectivity index (χ1n) is 5.55. The molecule has 0 heterocycles. The van der Waals surface area contributed by atoms with Crippen LogP contribution in [0.3, 0.4) is 0 Å². The van der Waals surface area contributed by atoms with E-state index in [0.717, 1.165) is 5.92 Å². The zero-order valence-corrected chi connectivity index (χ0v) is 9.88. The second-order valence-electron chi connectivity index (χ2n) is 5.30. The first-order valence-corrected chi connectivity index (χ1v) is 5.55. The van der Waals surface area contributed by atoms with Crippen LogP contribution in [0.5, 0.6) is 0 Å². The molecule has 0 radical (unpaired) electrons. The number of rotatable bonds is 0. The maximum Gasteiger partial charge on any atom is -0.0132 e.